The Morgan fingerprint density at radius 1 is 1.23 bits per heavy atom. The van der Waals surface area contributed by atoms with Crippen molar-refractivity contribution >= 4 is 11.9 Å². The average molecular weight is 194 g/mol. The van der Waals surface area contributed by atoms with Gasteiger partial charge in [0.1, 0.15) is 11.6 Å². The lowest BCUT2D eigenvalue weighted by atomic mass is 9.88. The summed E-state index contributed by atoms with van der Waals surface area (Å²) in [6.45, 7) is 1.80. The maximum absolute atomic E-state index is 13.1. The molecule has 0 aliphatic heterocycles. The highest BCUT2D eigenvalue weighted by Gasteiger charge is 2.44. The van der Waals surface area contributed by atoms with E-state index in [0.717, 1.165) is 13.8 Å². The molecule has 0 bridgehead atoms. The maximum atomic E-state index is 13.1. The minimum atomic E-state index is -2.29. The first kappa shape index (κ1) is 11.8. The van der Waals surface area contributed by atoms with Crippen molar-refractivity contribution in [2.24, 2.45) is 5.92 Å². The van der Waals surface area contributed by atoms with Crippen molar-refractivity contribution in [2.75, 3.05) is 0 Å². The predicted octanol–water partition coefficient (Wildman–Crippen LogP) is -0.119. The van der Waals surface area contributed by atoms with Crippen molar-refractivity contribution in [1.29, 1.82) is 0 Å². The van der Waals surface area contributed by atoms with Gasteiger partial charge in [-0.3, -0.25) is 4.79 Å². The highest BCUT2D eigenvalue weighted by Crippen LogP contribution is 2.25. The lowest BCUT2D eigenvalue weighted by Crippen LogP contribution is -2.45. The smallest absolute Gasteiger partial charge is 0.333 e. The van der Waals surface area contributed by atoms with E-state index in [1.54, 1.807) is 0 Å². The molecule has 0 saturated carbocycles. The van der Waals surface area contributed by atoms with Crippen LogP contribution in [-0.4, -0.2) is 39.0 Å². The molecule has 5 nitrogen and oxygen atoms in total. The molecule has 0 heterocycles. The fourth-order valence-electron chi connectivity index (χ4n) is 0.947. The third-order valence-corrected chi connectivity index (χ3v) is 1.57. The molecule has 0 spiro atoms. The van der Waals surface area contributed by atoms with Gasteiger partial charge >= 0.3 is 11.9 Å². The number of carbonyl (C=O) groups is 2. The summed E-state index contributed by atoms with van der Waals surface area (Å²) < 4.78 is 13.1. The Morgan fingerprint density at radius 3 is 1.69 bits per heavy atom. The Kier molecular flexibility index (Phi) is 3.36. The molecule has 0 amide bonds. The molecule has 0 aromatic rings. The highest BCUT2D eigenvalue weighted by atomic mass is 19.1. The second kappa shape index (κ2) is 3.69. The summed E-state index contributed by atoms with van der Waals surface area (Å²) in [6.07, 6.45) is -2.24. The number of aliphatic carboxylic acids is 2. The largest absolute Gasteiger partial charge is 0.481 e. The zero-order chi connectivity index (χ0) is 10.8. The van der Waals surface area contributed by atoms with Gasteiger partial charge < -0.3 is 15.3 Å². The van der Waals surface area contributed by atoms with Gasteiger partial charge in [0.25, 0.3) is 0 Å². The number of halogens is 1. The van der Waals surface area contributed by atoms with E-state index in [2.05, 4.69) is 0 Å². The van der Waals surface area contributed by atoms with E-state index in [1.165, 1.54) is 0 Å². The number of carboxylic acids is 2. The number of hydrogen-bond acceptors (Lipinski definition) is 3. The molecule has 13 heavy (non-hydrogen) atoms. The van der Waals surface area contributed by atoms with E-state index in [9.17, 15) is 14.0 Å². The molecular weight excluding hydrogens is 183 g/mol. The molecule has 3 N–H and O–H groups in total. The summed E-state index contributed by atoms with van der Waals surface area (Å²) in [4.78, 5) is 20.6. The van der Waals surface area contributed by atoms with E-state index in [4.69, 9.17) is 15.3 Å². The van der Waals surface area contributed by atoms with Gasteiger partial charge in [-0.25, -0.2) is 9.18 Å². The average Bonchev–Trinajstić information content (AvgIpc) is 1.82. The summed E-state index contributed by atoms with van der Waals surface area (Å²) in [5, 5.41) is 25.6. The highest BCUT2D eigenvalue weighted by molar-refractivity contribution is 5.82. The van der Waals surface area contributed by atoms with Crippen LogP contribution in [0.25, 0.3) is 0 Å². The number of hydrogen-bond donors (Lipinski definition) is 3. The molecule has 0 radical (unpaired) electrons. The van der Waals surface area contributed by atoms with E-state index in [-0.39, 0.29) is 0 Å². The lowest BCUT2D eigenvalue weighted by molar-refractivity contribution is -0.166. The maximum Gasteiger partial charge on any atom is 0.333 e. The Hall–Kier alpha value is -1.17. The monoisotopic (exact) mass is 194 g/mol. The normalized spacial score (nSPS) is 16.3. The first-order valence-electron chi connectivity index (χ1n) is 3.50. The first-order valence-corrected chi connectivity index (χ1v) is 3.50. The summed E-state index contributed by atoms with van der Waals surface area (Å²) >= 11 is 0. The minimum absolute atomic E-state index is 0.901. The Labute approximate surface area is 73.8 Å². The minimum Gasteiger partial charge on any atom is -0.481 e. The Morgan fingerprint density at radius 2 is 1.62 bits per heavy atom. The second-order valence-corrected chi connectivity index (χ2v) is 3.16. The molecule has 0 aromatic heterocycles. The van der Waals surface area contributed by atoms with Crippen LogP contribution in [0.1, 0.15) is 13.8 Å². The van der Waals surface area contributed by atoms with Gasteiger partial charge in [0.05, 0.1) is 0 Å². The van der Waals surface area contributed by atoms with Gasteiger partial charge in [-0.2, -0.15) is 0 Å². The molecule has 76 valence electrons. The first-order chi connectivity index (χ1) is 5.68. The molecular formula is C7H11FO5. The van der Waals surface area contributed by atoms with Gasteiger partial charge in [-0.1, -0.05) is 0 Å². The number of alkyl halides is 1. The van der Waals surface area contributed by atoms with Crippen LogP contribution >= 0.6 is 0 Å². The molecule has 0 saturated heterocycles. The van der Waals surface area contributed by atoms with Crippen molar-refractivity contribution in [3.05, 3.63) is 0 Å². The van der Waals surface area contributed by atoms with Crippen LogP contribution < -0.4 is 0 Å². The molecule has 6 heteroatoms. The summed E-state index contributed by atoms with van der Waals surface area (Å²) in [5.74, 6) is -5.40. The van der Waals surface area contributed by atoms with Crippen LogP contribution in [0.5, 0.6) is 0 Å². The molecule has 2 atom stereocenters. The SMILES string of the molecule is CC(C)(F)[C@H](C(=O)O)[C@H](O)C(=O)O. The third kappa shape index (κ3) is 2.98. The Bertz CT molecular complexity index is 219. The van der Waals surface area contributed by atoms with E-state index >= 15 is 0 Å². The van der Waals surface area contributed by atoms with E-state index in [0.29, 0.717) is 0 Å². The van der Waals surface area contributed by atoms with Crippen molar-refractivity contribution < 1.29 is 29.3 Å². The van der Waals surface area contributed by atoms with E-state index < -0.39 is 29.6 Å². The Balaban J connectivity index is 4.83. The number of rotatable bonds is 4. The molecule has 0 rings (SSSR count). The molecule has 0 aliphatic carbocycles. The predicted molar refractivity (Wildman–Crippen MR) is 40.0 cm³/mol. The fourth-order valence-corrected chi connectivity index (χ4v) is 0.947. The van der Waals surface area contributed by atoms with Crippen LogP contribution in [-0.2, 0) is 9.59 Å². The van der Waals surface area contributed by atoms with Crippen molar-refractivity contribution in [3.63, 3.8) is 0 Å². The number of aliphatic hydroxyl groups is 1. The molecule has 0 unspecified atom stereocenters. The van der Waals surface area contributed by atoms with Crippen LogP contribution in [0, 0.1) is 5.92 Å². The standard InChI is InChI=1S/C7H11FO5/c1-7(2,8)3(5(10)11)4(9)6(12)13/h3-4,9H,1-2H3,(H,10,11)(H,12,13)/t3-,4-/m0/s1. The number of aliphatic hydroxyl groups excluding tert-OH is 1. The molecule has 0 aliphatic rings. The lowest BCUT2D eigenvalue weighted by Gasteiger charge is -2.24. The molecule has 0 aromatic carbocycles. The van der Waals surface area contributed by atoms with Gasteiger partial charge in [-0.05, 0) is 13.8 Å². The van der Waals surface area contributed by atoms with Gasteiger partial charge in [0, 0.05) is 0 Å². The summed E-state index contributed by atoms with van der Waals surface area (Å²) in [5.41, 5.74) is -2.29. The third-order valence-electron chi connectivity index (χ3n) is 1.57. The van der Waals surface area contributed by atoms with Crippen LogP contribution in [0.2, 0.25) is 0 Å². The summed E-state index contributed by atoms with van der Waals surface area (Å²) in [7, 11) is 0. The number of carboxylic acid groups (broad SMARTS) is 2. The topological polar surface area (TPSA) is 94.8 Å². The van der Waals surface area contributed by atoms with E-state index in [1.807, 2.05) is 0 Å². The van der Waals surface area contributed by atoms with Gasteiger partial charge in [0.15, 0.2) is 6.10 Å². The van der Waals surface area contributed by atoms with Crippen LogP contribution in [0.4, 0.5) is 4.39 Å². The summed E-state index contributed by atoms with van der Waals surface area (Å²) in [6, 6.07) is 0. The van der Waals surface area contributed by atoms with Crippen LogP contribution in [0.15, 0.2) is 0 Å². The van der Waals surface area contributed by atoms with Crippen LogP contribution in [0.3, 0.4) is 0 Å². The van der Waals surface area contributed by atoms with Crippen molar-refractivity contribution in [3.8, 4) is 0 Å². The quantitative estimate of drug-likeness (QED) is 0.580. The fraction of sp³-hybridized carbons (Fsp3) is 0.714. The second-order valence-electron chi connectivity index (χ2n) is 3.16. The molecule has 0 fully saturated rings. The van der Waals surface area contributed by atoms with Gasteiger partial charge in [0.2, 0.25) is 0 Å². The van der Waals surface area contributed by atoms with Gasteiger partial charge in [-0.15, -0.1) is 0 Å². The zero-order valence-corrected chi connectivity index (χ0v) is 7.19. The zero-order valence-electron chi connectivity index (χ0n) is 7.19. The van der Waals surface area contributed by atoms with Crippen molar-refractivity contribution in [1.82, 2.24) is 0 Å². The van der Waals surface area contributed by atoms with Crippen molar-refractivity contribution in [2.45, 2.75) is 25.6 Å².